The zero-order valence-corrected chi connectivity index (χ0v) is 35.1. The van der Waals surface area contributed by atoms with Gasteiger partial charge in [-0.2, -0.15) is 0 Å². The summed E-state index contributed by atoms with van der Waals surface area (Å²) in [5.74, 6) is 0.620. The topological polar surface area (TPSA) is 162 Å². The molecule has 318 valence electrons. The van der Waals surface area contributed by atoms with Crippen LogP contribution in [-0.2, 0) is 9.53 Å². The van der Waals surface area contributed by atoms with E-state index in [1.807, 2.05) is 48.4 Å². The highest BCUT2D eigenvalue weighted by Gasteiger charge is 2.39. The maximum absolute atomic E-state index is 13.9. The molecule has 4 N–H and O–H groups in total. The second-order valence-electron chi connectivity index (χ2n) is 17.3. The van der Waals surface area contributed by atoms with Gasteiger partial charge in [0.05, 0.1) is 17.0 Å². The Hall–Kier alpha value is -5.99. The third kappa shape index (κ3) is 8.14. The number of hydrogen-bond acceptors (Lipinski definition) is 10. The molecule has 0 unspecified atom stereocenters. The Balaban J connectivity index is 0.786. The largest absolute Gasteiger partial charge is 0.507 e. The normalized spacial score (nSPS) is 20.3. The molecule has 3 aromatic carbocycles. The summed E-state index contributed by atoms with van der Waals surface area (Å²) in [6.45, 7) is 8.19. The molecule has 9 rings (SSSR count). The minimum atomic E-state index is -0.368. The number of nitrogen functional groups attached to an aromatic ring is 1. The first-order valence-corrected chi connectivity index (χ1v) is 21.6. The lowest BCUT2D eigenvalue weighted by Crippen LogP contribution is -2.54. The number of anilines is 3. The molecule has 2 aromatic heterocycles. The number of fused-ring (bicyclic) bond motifs is 1. The Morgan fingerprint density at radius 1 is 0.934 bits per heavy atom. The quantitative estimate of drug-likeness (QED) is 0.150. The highest BCUT2D eigenvalue weighted by atomic mass is 16.5. The predicted molar refractivity (Wildman–Crippen MR) is 236 cm³/mol. The van der Waals surface area contributed by atoms with Gasteiger partial charge in [-0.05, 0) is 111 Å². The predicted octanol–water partition coefficient (Wildman–Crippen LogP) is 6.48. The fourth-order valence-electron chi connectivity index (χ4n) is 10.1. The standard InChI is InChI=1S/C47H55N9O5/c1-31-26-33(9-11-37(31)34-6-5-19-54(29-34)41-28-39(50-51-44(41)48)38-7-3-4-8-42(38)57)45(59)53-24-17-47(61-2,18-25-53)30-52-20-14-35(15-21-52)55-22-13-32-27-36(10-12-40(32)55)56-23-16-43(58)49-46(56)60/h3-4,7-13,22,26-28,34-35,57H,5-6,14-21,23-25,29-30H2,1-2H3,(H2,48,51)(H,49,58,60)/t34-/m0/s1. The summed E-state index contributed by atoms with van der Waals surface area (Å²) in [6, 6.07) is 23.4. The third-order valence-electron chi connectivity index (χ3n) is 13.6. The van der Waals surface area contributed by atoms with E-state index in [-0.39, 0.29) is 35.1 Å². The second-order valence-corrected chi connectivity index (χ2v) is 17.3. The summed E-state index contributed by atoms with van der Waals surface area (Å²) in [5.41, 5.74) is 13.1. The number of aryl methyl sites for hydroxylation is 1. The van der Waals surface area contributed by atoms with Crippen molar-refractivity contribution in [3.05, 3.63) is 95.7 Å². The molecule has 4 aliphatic rings. The summed E-state index contributed by atoms with van der Waals surface area (Å²) in [4.78, 5) is 46.4. The maximum Gasteiger partial charge on any atom is 0.328 e. The molecular formula is C47H55N9O5. The molecule has 4 amide bonds. The molecule has 4 fully saturated rings. The van der Waals surface area contributed by atoms with Crippen LogP contribution < -0.4 is 20.9 Å². The molecule has 14 heteroatoms. The van der Waals surface area contributed by atoms with Crippen LogP contribution in [0.5, 0.6) is 5.75 Å². The van der Waals surface area contributed by atoms with E-state index in [2.05, 4.69) is 67.3 Å². The highest BCUT2D eigenvalue weighted by Crippen LogP contribution is 2.38. The number of aromatic nitrogens is 3. The first-order chi connectivity index (χ1) is 29.6. The third-order valence-corrected chi connectivity index (χ3v) is 13.6. The number of nitrogens with zero attached hydrogens (tertiary/aromatic N) is 7. The van der Waals surface area contributed by atoms with Crippen LogP contribution in [0.25, 0.3) is 22.2 Å². The molecule has 61 heavy (non-hydrogen) atoms. The fraction of sp³-hybridized carbons (Fsp3) is 0.426. The summed E-state index contributed by atoms with van der Waals surface area (Å²) in [6.07, 6.45) is 8.11. The lowest BCUT2D eigenvalue weighted by atomic mass is 9.86. The number of nitrogens with two attached hydrogens (primary N) is 1. The second kappa shape index (κ2) is 16.8. The van der Waals surface area contributed by atoms with Crippen LogP contribution in [0.1, 0.15) is 78.4 Å². The van der Waals surface area contributed by atoms with Gasteiger partial charge in [-0.1, -0.05) is 18.2 Å². The molecule has 1 atom stereocenters. The van der Waals surface area contributed by atoms with Gasteiger partial charge in [0.25, 0.3) is 5.91 Å². The molecule has 14 nitrogen and oxygen atoms in total. The lowest BCUT2D eigenvalue weighted by molar-refractivity contribution is -0.120. The van der Waals surface area contributed by atoms with Crippen LogP contribution in [0.3, 0.4) is 0 Å². The number of amides is 4. The van der Waals surface area contributed by atoms with Gasteiger partial charge >= 0.3 is 6.03 Å². The summed E-state index contributed by atoms with van der Waals surface area (Å²) in [5, 5.41) is 22.4. The van der Waals surface area contributed by atoms with Crippen molar-refractivity contribution >= 4 is 45.9 Å². The molecule has 4 aliphatic heterocycles. The number of aromatic hydroxyl groups is 1. The van der Waals surface area contributed by atoms with Crippen molar-refractivity contribution < 1.29 is 24.2 Å². The maximum atomic E-state index is 13.9. The van der Waals surface area contributed by atoms with E-state index in [0.29, 0.717) is 49.2 Å². The Kier molecular flexibility index (Phi) is 11.1. The van der Waals surface area contributed by atoms with Gasteiger partial charge in [-0.15, -0.1) is 10.2 Å². The van der Waals surface area contributed by atoms with Gasteiger partial charge < -0.3 is 34.8 Å². The van der Waals surface area contributed by atoms with Gasteiger partial charge in [-0.3, -0.25) is 19.8 Å². The van der Waals surface area contributed by atoms with Crippen molar-refractivity contribution in [3.8, 4) is 17.0 Å². The molecule has 0 aliphatic carbocycles. The van der Waals surface area contributed by atoms with Crippen LogP contribution in [-0.4, -0.2) is 113 Å². The number of phenolic OH excluding ortho intramolecular Hbond substituents is 1. The van der Waals surface area contributed by atoms with E-state index < -0.39 is 0 Å². The molecule has 5 aromatic rings. The van der Waals surface area contributed by atoms with E-state index in [9.17, 15) is 19.5 Å². The minimum Gasteiger partial charge on any atom is -0.507 e. The van der Waals surface area contributed by atoms with Gasteiger partial charge in [0.15, 0.2) is 5.82 Å². The number of methoxy groups -OCH3 is 1. The SMILES string of the molecule is COC1(CN2CCC(n3ccc4cc(N5CCC(=O)NC5=O)ccc43)CC2)CCN(C(=O)c2ccc([C@H]3CCCN(c4cc(-c5ccccc5O)nnc4N)C3)c(C)c2)CC1. The first kappa shape index (κ1) is 40.4. The van der Waals surface area contributed by atoms with Crippen LogP contribution in [0.4, 0.5) is 22.0 Å². The van der Waals surface area contributed by atoms with Crippen molar-refractivity contribution in [2.75, 3.05) is 75.0 Å². The number of para-hydroxylation sites is 1. The smallest absolute Gasteiger partial charge is 0.328 e. The number of imide groups is 1. The Morgan fingerprint density at radius 2 is 1.74 bits per heavy atom. The van der Waals surface area contributed by atoms with E-state index in [1.165, 1.54) is 5.56 Å². The van der Waals surface area contributed by atoms with Crippen molar-refractivity contribution in [2.45, 2.75) is 69.4 Å². The molecular weight excluding hydrogens is 771 g/mol. The van der Waals surface area contributed by atoms with E-state index >= 15 is 0 Å². The summed E-state index contributed by atoms with van der Waals surface area (Å²) in [7, 11) is 1.82. The molecule has 4 saturated heterocycles. The molecule has 0 spiro atoms. The summed E-state index contributed by atoms with van der Waals surface area (Å²) >= 11 is 0. The molecule has 0 saturated carbocycles. The average molecular weight is 826 g/mol. The number of piperidine rings is 3. The number of likely N-dealkylation sites (tertiary alicyclic amines) is 2. The van der Waals surface area contributed by atoms with Crippen LogP contribution in [0.15, 0.2) is 79.0 Å². The fourth-order valence-corrected chi connectivity index (χ4v) is 10.1. The van der Waals surface area contributed by atoms with Crippen LogP contribution >= 0.6 is 0 Å². The number of nitrogens with one attached hydrogen (secondary N) is 1. The number of hydrogen-bond donors (Lipinski definition) is 3. The van der Waals surface area contributed by atoms with Crippen LogP contribution in [0.2, 0.25) is 0 Å². The number of carbonyl (C=O) groups is 3. The van der Waals surface area contributed by atoms with E-state index in [0.717, 1.165) is 105 Å². The molecule has 6 heterocycles. The number of urea groups is 1. The van der Waals surface area contributed by atoms with Crippen molar-refractivity contribution in [2.24, 2.45) is 0 Å². The number of ether oxygens (including phenoxy) is 1. The summed E-state index contributed by atoms with van der Waals surface area (Å²) < 4.78 is 8.64. The number of benzene rings is 3. The Labute approximate surface area is 356 Å². The van der Waals surface area contributed by atoms with Gasteiger partial charge in [0.2, 0.25) is 5.91 Å². The van der Waals surface area contributed by atoms with Crippen LogP contribution in [0, 0.1) is 6.92 Å². The lowest BCUT2D eigenvalue weighted by Gasteiger charge is -2.45. The average Bonchev–Trinajstić information content (AvgIpc) is 3.70. The molecule has 0 bridgehead atoms. The number of phenols is 1. The van der Waals surface area contributed by atoms with E-state index in [4.69, 9.17) is 10.5 Å². The van der Waals surface area contributed by atoms with Gasteiger partial charge in [0, 0.05) is 112 Å². The zero-order chi connectivity index (χ0) is 42.3. The first-order valence-electron chi connectivity index (χ1n) is 21.6. The monoisotopic (exact) mass is 825 g/mol. The van der Waals surface area contributed by atoms with Crippen molar-refractivity contribution in [3.63, 3.8) is 0 Å². The van der Waals surface area contributed by atoms with Crippen molar-refractivity contribution in [1.29, 1.82) is 0 Å². The Bertz CT molecular complexity index is 2450. The van der Waals surface area contributed by atoms with E-state index in [1.54, 1.807) is 17.0 Å². The number of rotatable bonds is 9. The van der Waals surface area contributed by atoms with Gasteiger partial charge in [0.1, 0.15) is 5.75 Å². The van der Waals surface area contributed by atoms with Gasteiger partial charge in [-0.25, -0.2) is 4.79 Å². The van der Waals surface area contributed by atoms with Crippen molar-refractivity contribution in [1.82, 2.24) is 29.9 Å². The Morgan fingerprint density at radius 3 is 2.49 bits per heavy atom. The molecule has 0 radical (unpaired) electrons. The minimum absolute atomic E-state index is 0.0677. The zero-order valence-electron chi connectivity index (χ0n) is 35.1. The number of carbonyl (C=O) groups excluding carboxylic acids is 3. The highest BCUT2D eigenvalue weighted by molar-refractivity contribution is 6.06.